The van der Waals surface area contributed by atoms with Crippen LogP contribution in [0.3, 0.4) is 0 Å². The van der Waals surface area contributed by atoms with E-state index in [2.05, 4.69) is 137 Å². The third kappa shape index (κ3) is 10.2. The molecular formula is C33H88O4Si10. The number of unbranched alkanes of at least 4 members (excludes halogenated alkanes) is 2. The molecule has 0 aliphatic rings. The lowest BCUT2D eigenvalue weighted by molar-refractivity contribution is 0.00326. The van der Waals surface area contributed by atoms with Crippen LogP contribution in [0.25, 0.3) is 0 Å². The van der Waals surface area contributed by atoms with Gasteiger partial charge < -0.3 is 18.9 Å². The minimum atomic E-state index is -1.45. The maximum Gasteiger partial charge on any atom is 0.0701 e. The second-order valence-corrected chi connectivity index (χ2v) is 136. The summed E-state index contributed by atoms with van der Waals surface area (Å²) in [5.41, 5.74) is 0. The van der Waals surface area contributed by atoms with Gasteiger partial charge in [-0.25, -0.2) is 0 Å². The van der Waals surface area contributed by atoms with Crippen LogP contribution in [0.2, 0.25) is 144 Å². The maximum atomic E-state index is 5.90. The first-order chi connectivity index (χ1) is 20.8. The maximum absolute atomic E-state index is 5.90. The van der Waals surface area contributed by atoms with Crippen molar-refractivity contribution in [2.24, 2.45) is 0 Å². The molecule has 0 aromatic carbocycles. The minimum Gasteiger partial charge on any atom is -0.382 e. The van der Waals surface area contributed by atoms with Gasteiger partial charge in [-0.1, -0.05) is 156 Å². The Kier molecular flexibility index (Phi) is 18.7. The summed E-state index contributed by atoms with van der Waals surface area (Å²) in [6.45, 7) is 66.0. The van der Waals surface area contributed by atoms with E-state index in [1.54, 1.807) is 7.11 Å². The third-order valence-corrected chi connectivity index (χ3v) is 243. The molecule has 0 fully saturated rings. The van der Waals surface area contributed by atoms with Crippen LogP contribution in [0.5, 0.6) is 0 Å². The summed E-state index contributed by atoms with van der Waals surface area (Å²) in [7, 11) is -11.9. The molecule has 4 nitrogen and oxygen atoms in total. The Labute approximate surface area is 305 Å². The van der Waals surface area contributed by atoms with E-state index in [0.717, 1.165) is 6.61 Å². The fourth-order valence-corrected chi connectivity index (χ4v) is 323. The van der Waals surface area contributed by atoms with E-state index in [1.807, 2.05) is 0 Å². The van der Waals surface area contributed by atoms with Gasteiger partial charge in [0.05, 0.1) is 39.6 Å². The fraction of sp³-hybridized carbons (Fsp3) is 1.00. The molecule has 0 heterocycles. The highest BCUT2D eigenvalue weighted by Crippen LogP contribution is 2.48. The minimum absolute atomic E-state index is 0.624. The number of rotatable bonds is 24. The first-order valence-corrected chi connectivity index (χ1v) is 58.7. The highest BCUT2D eigenvalue weighted by atomic mass is 30.1. The first kappa shape index (κ1) is 49.0. The van der Waals surface area contributed by atoms with Crippen LogP contribution in [-0.4, -0.2) is 125 Å². The lowest BCUT2D eigenvalue weighted by Gasteiger charge is -2.67. The molecule has 0 N–H and O–H groups in total. The van der Waals surface area contributed by atoms with Gasteiger partial charge in [0.1, 0.15) is 0 Å². The summed E-state index contributed by atoms with van der Waals surface area (Å²) >= 11 is 0. The molecule has 0 spiro atoms. The SMILES string of the molecule is COCCOCCOCCOCCCCC[Si](C)(C)[Si](C)(C)[Si](C)(C)[Si](C)(C)[Si](C)(C)[Si](C)(C)[Si](C)(C)[Si](C)(C)[Si](C)(C)[Si](C)(C)C. The van der Waals surface area contributed by atoms with Gasteiger partial charge in [-0.2, -0.15) is 0 Å². The van der Waals surface area contributed by atoms with Crippen LogP contribution < -0.4 is 0 Å². The second kappa shape index (κ2) is 17.9. The number of methoxy groups -OCH3 is 1. The highest BCUT2D eigenvalue weighted by molar-refractivity contribution is 8.07. The Bertz CT molecular complexity index is 942. The Morgan fingerprint density at radius 1 is 0.298 bits per heavy atom. The number of hydrogen-bond donors (Lipinski definition) is 0. The molecule has 0 unspecified atom stereocenters. The van der Waals surface area contributed by atoms with E-state index in [0.29, 0.717) is 39.6 Å². The summed E-state index contributed by atoms with van der Waals surface area (Å²) in [5, 5.41) is 0. The standard InChI is InChI=1S/C33H88O4Si10/c1-34-27-28-36-31-32-37-30-29-35-26-24-23-25-33-39(5,6)41(9,10)43(13,14)45(17,18)47(21,22)46(19,20)44(15,16)42(11,12)40(7,8)38(2,3)4/h23-33H2,1-22H3. The van der Waals surface area contributed by atoms with Crippen LogP contribution in [0.4, 0.5) is 0 Å². The molecule has 0 atom stereocenters. The molecule has 0 radical (unpaired) electrons. The molecular weight excluding hydrogens is 741 g/mol. The normalized spacial score (nSPS) is 15.4. The molecule has 0 aliphatic heterocycles. The van der Waals surface area contributed by atoms with E-state index in [1.165, 1.54) is 25.3 Å². The molecule has 284 valence electrons. The van der Waals surface area contributed by atoms with Crippen LogP contribution in [0.15, 0.2) is 0 Å². The molecule has 0 bridgehead atoms. The monoisotopic (exact) mass is 828 g/mol. The van der Waals surface area contributed by atoms with Gasteiger partial charge in [0.2, 0.25) is 0 Å². The second-order valence-electron chi connectivity index (χ2n) is 20.8. The number of hydrogen-bond acceptors (Lipinski definition) is 4. The van der Waals surface area contributed by atoms with Crippen molar-refractivity contribution in [3.05, 3.63) is 0 Å². The van der Waals surface area contributed by atoms with E-state index in [-0.39, 0.29) is 0 Å². The summed E-state index contributed by atoms with van der Waals surface area (Å²) in [6.07, 6.45) is 3.90. The Morgan fingerprint density at radius 3 is 0.936 bits per heavy atom. The third-order valence-electron chi connectivity index (χ3n) is 17.3. The summed E-state index contributed by atoms with van der Waals surface area (Å²) < 4.78 is 22.0. The summed E-state index contributed by atoms with van der Waals surface area (Å²) in [4.78, 5) is 0. The summed E-state index contributed by atoms with van der Waals surface area (Å²) in [6, 6.07) is 1.53. The average molecular weight is 830 g/mol. The molecule has 0 amide bonds. The number of ether oxygens (including phenoxy) is 4. The first-order valence-electron chi connectivity index (χ1n) is 19.0. The van der Waals surface area contributed by atoms with E-state index >= 15 is 0 Å². The zero-order valence-corrected chi connectivity index (χ0v) is 46.4. The van der Waals surface area contributed by atoms with Crippen LogP contribution in [0.1, 0.15) is 19.3 Å². The quantitative estimate of drug-likeness (QED) is 0.0718. The highest BCUT2D eigenvalue weighted by Gasteiger charge is 2.71. The van der Waals surface area contributed by atoms with Crippen molar-refractivity contribution in [3.8, 4) is 0 Å². The van der Waals surface area contributed by atoms with Crippen molar-refractivity contribution in [2.75, 3.05) is 53.4 Å². The van der Waals surface area contributed by atoms with Gasteiger partial charge in [-0.15, -0.1) is 0 Å². The van der Waals surface area contributed by atoms with Gasteiger partial charge in [0.25, 0.3) is 0 Å². The molecule has 14 heteroatoms. The van der Waals surface area contributed by atoms with Gasteiger partial charge >= 0.3 is 0 Å². The molecule has 0 saturated heterocycles. The van der Waals surface area contributed by atoms with Gasteiger partial charge in [-0.3, -0.25) is 0 Å². The smallest absolute Gasteiger partial charge is 0.0701 e. The van der Waals surface area contributed by atoms with E-state index < -0.39 is 72.1 Å². The Balaban J connectivity index is 5.62. The molecule has 0 rings (SSSR count). The van der Waals surface area contributed by atoms with Crippen molar-refractivity contribution < 1.29 is 18.9 Å². The van der Waals surface area contributed by atoms with Crippen molar-refractivity contribution >= 4 is 72.1 Å². The lowest BCUT2D eigenvalue weighted by atomic mass is 10.3. The Hall–Kier alpha value is 2.01. The van der Waals surface area contributed by atoms with Crippen LogP contribution >= 0.6 is 0 Å². The molecule has 0 saturated carbocycles. The largest absolute Gasteiger partial charge is 0.382 e. The fourth-order valence-electron chi connectivity index (χ4n) is 8.42. The van der Waals surface area contributed by atoms with Crippen molar-refractivity contribution in [1.29, 1.82) is 0 Å². The zero-order valence-electron chi connectivity index (χ0n) is 36.4. The van der Waals surface area contributed by atoms with Crippen LogP contribution in [0, 0.1) is 0 Å². The zero-order chi connectivity index (χ0) is 37.6. The lowest BCUT2D eigenvalue weighted by Crippen LogP contribution is -2.94. The van der Waals surface area contributed by atoms with Gasteiger partial charge in [0.15, 0.2) is 0 Å². The van der Waals surface area contributed by atoms with E-state index in [9.17, 15) is 0 Å². The van der Waals surface area contributed by atoms with Crippen molar-refractivity contribution in [3.63, 3.8) is 0 Å². The predicted octanol–water partition coefficient (Wildman–Crippen LogP) is 10.3. The van der Waals surface area contributed by atoms with Gasteiger partial charge in [0, 0.05) is 85.8 Å². The van der Waals surface area contributed by atoms with E-state index in [4.69, 9.17) is 18.9 Å². The van der Waals surface area contributed by atoms with Crippen molar-refractivity contribution in [2.45, 2.75) is 163 Å². The van der Waals surface area contributed by atoms with Crippen molar-refractivity contribution in [1.82, 2.24) is 0 Å². The Morgan fingerprint density at radius 2 is 0.596 bits per heavy atom. The predicted molar refractivity (Wildman–Crippen MR) is 244 cm³/mol. The summed E-state index contributed by atoms with van der Waals surface area (Å²) in [5.74, 6) is 0. The molecule has 0 aromatic heterocycles. The molecule has 47 heavy (non-hydrogen) atoms. The molecule has 0 aromatic rings. The topological polar surface area (TPSA) is 36.9 Å². The van der Waals surface area contributed by atoms with Crippen LogP contribution in [-0.2, 0) is 18.9 Å². The average Bonchev–Trinajstić information content (AvgIpc) is 2.91. The van der Waals surface area contributed by atoms with Gasteiger partial charge in [-0.05, 0) is 6.42 Å². The molecule has 0 aliphatic carbocycles.